The number of rotatable bonds is 3. The predicted octanol–water partition coefficient (Wildman–Crippen LogP) is 2.22. The average molecular weight is 184 g/mol. The fraction of sp³-hybridized carbons (Fsp3) is 0.556. The summed E-state index contributed by atoms with van der Waals surface area (Å²) in [5.41, 5.74) is 5.90. The van der Waals surface area contributed by atoms with Crippen molar-refractivity contribution in [1.82, 2.24) is 0 Å². The molecule has 0 aliphatic carbocycles. The summed E-state index contributed by atoms with van der Waals surface area (Å²) in [6, 6.07) is 4.45. The van der Waals surface area contributed by atoms with Crippen LogP contribution in [0.3, 0.4) is 0 Å². The highest BCUT2D eigenvalue weighted by molar-refractivity contribution is 7.16. The third kappa shape index (κ3) is 1.99. The molecule has 0 bridgehead atoms. The van der Waals surface area contributed by atoms with Crippen LogP contribution in [0.15, 0.2) is 12.1 Å². The van der Waals surface area contributed by atoms with Crippen LogP contribution in [0.1, 0.15) is 24.3 Å². The molecule has 0 fully saturated rings. The molecular formula is C9H16N2S. The van der Waals surface area contributed by atoms with Crippen molar-refractivity contribution < 1.29 is 0 Å². The Labute approximate surface area is 78.0 Å². The van der Waals surface area contributed by atoms with Gasteiger partial charge in [-0.1, -0.05) is 6.92 Å². The van der Waals surface area contributed by atoms with Crippen LogP contribution < -0.4 is 10.6 Å². The Hall–Kier alpha value is -0.540. The van der Waals surface area contributed by atoms with Gasteiger partial charge in [0, 0.05) is 25.0 Å². The van der Waals surface area contributed by atoms with Crippen molar-refractivity contribution in [2.45, 2.75) is 19.4 Å². The van der Waals surface area contributed by atoms with Gasteiger partial charge in [-0.3, -0.25) is 0 Å². The molecule has 0 saturated heterocycles. The lowest BCUT2D eigenvalue weighted by molar-refractivity contribution is 0.712. The first kappa shape index (κ1) is 9.55. The minimum atomic E-state index is 0.212. The molecular weight excluding hydrogens is 168 g/mol. The molecule has 3 heteroatoms. The first-order chi connectivity index (χ1) is 5.65. The maximum absolute atomic E-state index is 5.90. The second-order valence-electron chi connectivity index (χ2n) is 3.09. The molecule has 2 nitrogen and oxygen atoms in total. The molecule has 1 aromatic heterocycles. The first-order valence-corrected chi connectivity index (χ1v) is 4.99. The van der Waals surface area contributed by atoms with Crippen LogP contribution in [-0.4, -0.2) is 14.1 Å². The lowest BCUT2D eigenvalue weighted by Gasteiger charge is -2.08. The van der Waals surface area contributed by atoms with E-state index >= 15 is 0 Å². The summed E-state index contributed by atoms with van der Waals surface area (Å²) >= 11 is 1.77. The Balaban J connectivity index is 2.77. The Morgan fingerprint density at radius 2 is 2.17 bits per heavy atom. The number of hydrogen-bond donors (Lipinski definition) is 1. The van der Waals surface area contributed by atoms with Gasteiger partial charge in [0.15, 0.2) is 0 Å². The zero-order valence-corrected chi connectivity index (χ0v) is 8.69. The van der Waals surface area contributed by atoms with Gasteiger partial charge in [-0.2, -0.15) is 0 Å². The van der Waals surface area contributed by atoms with E-state index in [0.29, 0.717) is 0 Å². The molecule has 1 atom stereocenters. The van der Waals surface area contributed by atoms with Crippen molar-refractivity contribution in [3.63, 3.8) is 0 Å². The van der Waals surface area contributed by atoms with Gasteiger partial charge in [0.1, 0.15) is 0 Å². The number of nitrogens with two attached hydrogens (primary N) is 1. The second-order valence-corrected chi connectivity index (χ2v) is 4.18. The molecule has 1 unspecified atom stereocenters. The first-order valence-electron chi connectivity index (χ1n) is 4.17. The third-order valence-electron chi connectivity index (χ3n) is 1.86. The maximum atomic E-state index is 5.90. The Kier molecular flexibility index (Phi) is 3.12. The van der Waals surface area contributed by atoms with Crippen LogP contribution in [0.5, 0.6) is 0 Å². The quantitative estimate of drug-likeness (QED) is 0.780. The van der Waals surface area contributed by atoms with Crippen LogP contribution in [-0.2, 0) is 0 Å². The Bertz CT molecular complexity index is 242. The van der Waals surface area contributed by atoms with Gasteiger partial charge in [-0.25, -0.2) is 0 Å². The smallest absolute Gasteiger partial charge is 0.0906 e. The van der Waals surface area contributed by atoms with E-state index in [1.165, 1.54) is 9.88 Å². The van der Waals surface area contributed by atoms with E-state index in [1.807, 2.05) is 14.1 Å². The van der Waals surface area contributed by atoms with E-state index in [-0.39, 0.29) is 6.04 Å². The average Bonchev–Trinajstić information content (AvgIpc) is 2.51. The Morgan fingerprint density at radius 3 is 2.58 bits per heavy atom. The molecule has 0 aliphatic heterocycles. The van der Waals surface area contributed by atoms with E-state index in [9.17, 15) is 0 Å². The Morgan fingerprint density at radius 1 is 1.50 bits per heavy atom. The summed E-state index contributed by atoms with van der Waals surface area (Å²) in [7, 11) is 4.10. The molecule has 1 rings (SSSR count). The normalized spacial score (nSPS) is 13.0. The maximum Gasteiger partial charge on any atom is 0.0906 e. The largest absolute Gasteiger partial charge is 0.370 e. The van der Waals surface area contributed by atoms with Gasteiger partial charge in [0.05, 0.1) is 5.00 Å². The minimum absolute atomic E-state index is 0.212. The highest BCUT2D eigenvalue weighted by Gasteiger charge is 2.07. The zero-order chi connectivity index (χ0) is 9.14. The summed E-state index contributed by atoms with van der Waals surface area (Å²) in [5, 5.41) is 1.27. The minimum Gasteiger partial charge on any atom is -0.370 e. The van der Waals surface area contributed by atoms with Gasteiger partial charge < -0.3 is 10.6 Å². The standard InChI is InChI=1S/C9H16N2S/c1-4-7(10)8-5-6-9(12-8)11(2)3/h5-7H,4,10H2,1-3H3. The molecule has 2 N–H and O–H groups in total. The lowest BCUT2D eigenvalue weighted by atomic mass is 10.2. The van der Waals surface area contributed by atoms with Crippen LogP contribution >= 0.6 is 11.3 Å². The molecule has 0 aliphatic rings. The highest BCUT2D eigenvalue weighted by atomic mass is 32.1. The summed E-state index contributed by atoms with van der Waals surface area (Å²) in [6.45, 7) is 2.11. The van der Waals surface area contributed by atoms with Crippen LogP contribution in [0.25, 0.3) is 0 Å². The molecule has 0 spiro atoms. The second kappa shape index (κ2) is 3.92. The van der Waals surface area contributed by atoms with Crippen LogP contribution in [0.4, 0.5) is 5.00 Å². The van der Waals surface area contributed by atoms with Crippen molar-refractivity contribution in [3.8, 4) is 0 Å². The molecule has 68 valence electrons. The van der Waals surface area contributed by atoms with Gasteiger partial charge in [0.2, 0.25) is 0 Å². The van der Waals surface area contributed by atoms with Gasteiger partial charge in [-0.05, 0) is 18.6 Å². The fourth-order valence-corrected chi connectivity index (χ4v) is 2.00. The summed E-state index contributed by atoms with van der Waals surface area (Å²) < 4.78 is 0. The molecule has 0 saturated carbocycles. The van der Waals surface area contributed by atoms with Crippen molar-refractivity contribution in [2.75, 3.05) is 19.0 Å². The highest BCUT2D eigenvalue weighted by Crippen LogP contribution is 2.28. The SMILES string of the molecule is CCC(N)c1ccc(N(C)C)s1. The summed E-state index contributed by atoms with van der Waals surface area (Å²) in [6.07, 6.45) is 1.01. The monoisotopic (exact) mass is 184 g/mol. The predicted molar refractivity (Wildman–Crippen MR) is 55.9 cm³/mol. The molecule has 0 amide bonds. The summed E-state index contributed by atoms with van der Waals surface area (Å²) in [5.74, 6) is 0. The lowest BCUT2D eigenvalue weighted by Crippen LogP contribution is -2.07. The van der Waals surface area contributed by atoms with E-state index in [4.69, 9.17) is 5.73 Å². The van der Waals surface area contributed by atoms with Crippen LogP contribution in [0, 0.1) is 0 Å². The molecule has 0 aromatic carbocycles. The molecule has 1 aromatic rings. The zero-order valence-electron chi connectivity index (χ0n) is 7.87. The number of anilines is 1. The summed E-state index contributed by atoms with van der Waals surface area (Å²) in [4.78, 5) is 3.39. The van der Waals surface area contributed by atoms with E-state index in [1.54, 1.807) is 11.3 Å². The van der Waals surface area contributed by atoms with Crippen molar-refractivity contribution in [2.24, 2.45) is 5.73 Å². The number of nitrogens with zero attached hydrogens (tertiary/aromatic N) is 1. The van der Waals surface area contributed by atoms with E-state index in [0.717, 1.165) is 6.42 Å². The van der Waals surface area contributed by atoms with Crippen molar-refractivity contribution in [3.05, 3.63) is 17.0 Å². The van der Waals surface area contributed by atoms with Gasteiger partial charge in [0.25, 0.3) is 0 Å². The van der Waals surface area contributed by atoms with Gasteiger partial charge in [-0.15, -0.1) is 11.3 Å². The van der Waals surface area contributed by atoms with E-state index < -0.39 is 0 Å². The topological polar surface area (TPSA) is 29.3 Å². The van der Waals surface area contributed by atoms with Gasteiger partial charge >= 0.3 is 0 Å². The molecule has 12 heavy (non-hydrogen) atoms. The molecule has 1 heterocycles. The van der Waals surface area contributed by atoms with Crippen LogP contribution in [0.2, 0.25) is 0 Å². The number of hydrogen-bond acceptors (Lipinski definition) is 3. The molecule has 0 radical (unpaired) electrons. The fourth-order valence-electron chi connectivity index (χ4n) is 0.983. The van der Waals surface area contributed by atoms with Crippen molar-refractivity contribution >= 4 is 16.3 Å². The van der Waals surface area contributed by atoms with E-state index in [2.05, 4.69) is 24.0 Å². The third-order valence-corrected chi connectivity index (χ3v) is 3.24. The number of thiophene rings is 1. The van der Waals surface area contributed by atoms with Crippen molar-refractivity contribution in [1.29, 1.82) is 0 Å².